The van der Waals surface area contributed by atoms with Crippen LogP contribution in [0, 0.1) is 6.92 Å². The van der Waals surface area contributed by atoms with Crippen molar-refractivity contribution in [2.75, 3.05) is 19.5 Å². The van der Waals surface area contributed by atoms with Gasteiger partial charge >= 0.3 is 0 Å². The average Bonchev–Trinajstić information content (AvgIpc) is 2.62. The van der Waals surface area contributed by atoms with Gasteiger partial charge in [0.2, 0.25) is 15.9 Å². The van der Waals surface area contributed by atoms with Gasteiger partial charge < -0.3 is 10.1 Å². The zero-order valence-corrected chi connectivity index (χ0v) is 15.1. The van der Waals surface area contributed by atoms with Crippen LogP contribution in [0.5, 0.6) is 5.75 Å². The summed E-state index contributed by atoms with van der Waals surface area (Å²) in [5, 5.41) is 2.66. The highest BCUT2D eigenvalue weighted by Crippen LogP contribution is 2.20. The van der Waals surface area contributed by atoms with Gasteiger partial charge in [-0.1, -0.05) is 18.2 Å². The molecule has 0 bridgehead atoms. The van der Waals surface area contributed by atoms with E-state index in [0.29, 0.717) is 11.3 Å². The SMILES string of the molecule is CNS(=O)(=O)c1cc(NC(=O)/C=C/c2ccc(OC)cc2)ccc1C. The summed E-state index contributed by atoms with van der Waals surface area (Å²) in [5.41, 5.74) is 1.85. The maximum Gasteiger partial charge on any atom is 0.248 e. The molecule has 0 spiro atoms. The van der Waals surface area contributed by atoms with Crippen molar-refractivity contribution < 1.29 is 17.9 Å². The zero-order chi connectivity index (χ0) is 18.4. The lowest BCUT2D eigenvalue weighted by molar-refractivity contribution is -0.111. The maximum absolute atomic E-state index is 12.0. The smallest absolute Gasteiger partial charge is 0.248 e. The molecule has 0 radical (unpaired) electrons. The van der Waals surface area contributed by atoms with Crippen LogP contribution in [0.1, 0.15) is 11.1 Å². The van der Waals surface area contributed by atoms with Gasteiger partial charge in [-0.25, -0.2) is 13.1 Å². The molecule has 25 heavy (non-hydrogen) atoms. The Morgan fingerprint density at radius 2 is 1.80 bits per heavy atom. The molecule has 7 heteroatoms. The van der Waals surface area contributed by atoms with Gasteiger partial charge in [-0.2, -0.15) is 0 Å². The second kappa shape index (κ2) is 7.96. The lowest BCUT2D eigenvalue weighted by Gasteiger charge is -2.09. The maximum atomic E-state index is 12.0. The molecule has 0 aliphatic rings. The van der Waals surface area contributed by atoms with Crippen molar-refractivity contribution in [1.82, 2.24) is 4.72 Å². The van der Waals surface area contributed by atoms with Gasteiger partial charge in [-0.05, 0) is 55.4 Å². The standard InChI is InChI=1S/C18H20N2O4S/c1-13-4-8-15(12-17(13)25(22,23)19-2)20-18(21)11-7-14-5-9-16(24-3)10-6-14/h4-12,19H,1-3H3,(H,20,21)/b11-7+. The lowest BCUT2D eigenvalue weighted by atomic mass is 10.2. The molecular weight excluding hydrogens is 340 g/mol. The monoisotopic (exact) mass is 360 g/mol. The average molecular weight is 360 g/mol. The van der Waals surface area contributed by atoms with E-state index in [4.69, 9.17) is 4.74 Å². The fourth-order valence-corrected chi connectivity index (χ4v) is 3.14. The molecule has 6 nitrogen and oxygen atoms in total. The minimum absolute atomic E-state index is 0.131. The largest absolute Gasteiger partial charge is 0.497 e. The molecule has 0 saturated heterocycles. The minimum Gasteiger partial charge on any atom is -0.497 e. The summed E-state index contributed by atoms with van der Waals surface area (Å²) in [5.74, 6) is 0.381. The van der Waals surface area contributed by atoms with Gasteiger partial charge in [0.05, 0.1) is 12.0 Å². The van der Waals surface area contributed by atoms with E-state index in [9.17, 15) is 13.2 Å². The first-order valence-corrected chi connectivity index (χ1v) is 9.01. The fraction of sp³-hybridized carbons (Fsp3) is 0.167. The second-order valence-electron chi connectivity index (χ2n) is 5.28. The Morgan fingerprint density at radius 3 is 2.40 bits per heavy atom. The Hall–Kier alpha value is -2.64. The van der Waals surface area contributed by atoms with Crippen molar-refractivity contribution in [2.45, 2.75) is 11.8 Å². The quantitative estimate of drug-likeness (QED) is 0.776. The number of aryl methyl sites for hydroxylation is 1. The first-order valence-electron chi connectivity index (χ1n) is 7.53. The molecule has 0 aliphatic heterocycles. The highest BCUT2D eigenvalue weighted by Gasteiger charge is 2.15. The molecule has 2 N–H and O–H groups in total. The van der Waals surface area contributed by atoms with Crippen LogP contribution in [0.3, 0.4) is 0 Å². The van der Waals surface area contributed by atoms with Crippen LogP contribution in [-0.4, -0.2) is 28.5 Å². The summed E-state index contributed by atoms with van der Waals surface area (Å²) in [6.45, 7) is 1.69. The number of methoxy groups -OCH3 is 1. The molecule has 0 aromatic heterocycles. The number of hydrogen-bond acceptors (Lipinski definition) is 4. The van der Waals surface area contributed by atoms with E-state index in [-0.39, 0.29) is 10.8 Å². The molecule has 0 unspecified atom stereocenters. The molecule has 1 amide bonds. The summed E-state index contributed by atoms with van der Waals surface area (Å²) < 4.78 is 31.3. The molecule has 0 saturated carbocycles. The number of hydrogen-bond donors (Lipinski definition) is 2. The van der Waals surface area contributed by atoms with Crippen LogP contribution in [0.25, 0.3) is 6.08 Å². The highest BCUT2D eigenvalue weighted by atomic mass is 32.2. The third-order valence-corrected chi connectivity index (χ3v) is 5.11. The fourth-order valence-electron chi connectivity index (χ4n) is 2.15. The summed E-state index contributed by atoms with van der Waals surface area (Å²) in [6, 6.07) is 12.0. The Morgan fingerprint density at radius 1 is 1.12 bits per heavy atom. The zero-order valence-electron chi connectivity index (χ0n) is 14.2. The molecule has 0 fully saturated rings. The van der Waals surface area contributed by atoms with E-state index < -0.39 is 10.0 Å². The van der Waals surface area contributed by atoms with Gasteiger partial charge in [-0.15, -0.1) is 0 Å². The van der Waals surface area contributed by atoms with Gasteiger partial charge in [0.25, 0.3) is 0 Å². The van der Waals surface area contributed by atoms with E-state index in [1.807, 2.05) is 12.1 Å². The van der Waals surface area contributed by atoms with Crippen LogP contribution in [0.2, 0.25) is 0 Å². The Balaban J connectivity index is 2.12. The predicted octanol–water partition coefficient (Wildman–Crippen LogP) is 2.56. The predicted molar refractivity (Wildman–Crippen MR) is 98.1 cm³/mol. The van der Waals surface area contributed by atoms with Crippen LogP contribution in [-0.2, 0) is 14.8 Å². The Labute approximate surface area is 147 Å². The van der Waals surface area contributed by atoms with Crippen molar-refractivity contribution in [3.05, 3.63) is 59.7 Å². The number of benzene rings is 2. The first kappa shape index (κ1) is 18.7. The molecule has 2 aromatic rings. The number of ether oxygens (including phenoxy) is 1. The number of carbonyl (C=O) groups excluding carboxylic acids is 1. The normalized spacial score (nSPS) is 11.5. The second-order valence-corrected chi connectivity index (χ2v) is 7.14. The highest BCUT2D eigenvalue weighted by molar-refractivity contribution is 7.89. The third kappa shape index (κ3) is 4.91. The molecule has 132 valence electrons. The van der Waals surface area contributed by atoms with Crippen LogP contribution < -0.4 is 14.8 Å². The molecule has 2 aromatic carbocycles. The van der Waals surface area contributed by atoms with Crippen LogP contribution >= 0.6 is 0 Å². The third-order valence-electron chi connectivity index (χ3n) is 3.56. The molecule has 0 heterocycles. The van der Waals surface area contributed by atoms with Gasteiger partial charge in [0.1, 0.15) is 5.75 Å². The summed E-state index contributed by atoms with van der Waals surface area (Å²) in [6.07, 6.45) is 3.04. The topological polar surface area (TPSA) is 84.5 Å². The molecular formula is C18H20N2O4S. The van der Waals surface area contributed by atoms with Crippen molar-refractivity contribution in [2.24, 2.45) is 0 Å². The number of nitrogens with one attached hydrogen (secondary N) is 2. The van der Waals surface area contributed by atoms with Crippen molar-refractivity contribution >= 4 is 27.7 Å². The lowest BCUT2D eigenvalue weighted by Crippen LogP contribution is -2.20. The molecule has 0 atom stereocenters. The number of amides is 1. The Bertz CT molecular complexity index is 888. The van der Waals surface area contributed by atoms with E-state index >= 15 is 0 Å². The summed E-state index contributed by atoms with van der Waals surface area (Å²) >= 11 is 0. The van der Waals surface area contributed by atoms with Gasteiger partial charge in [0.15, 0.2) is 0 Å². The summed E-state index contributed by atoms with van der Waals surface area (Å²) in [7, 11) is -0.650. The van der Waals surface area contributed by atoms with E-state index in [1.165, 1.54) is 19.2 Å². The molecule has 2 rings (SSSR count). The molecule has 0 aliphatic carbocycles. The van der Waals surface area contributed by atoms with Crippen LogP contribution in [0.4, 0.5) is 5.69 Å². The number of sulfonamides is 1. The van der Waals surface area contributed by atoms with E-state index in [0.717, 1.165) is 11.3 Å². The number of anilines is 1. The Kier molecular flexibility index (Phi) is 5.95. The first-order chi connectivity index (χ1) is 11.9. The van der Waals surface area contributed by atoms with Gasteiger partial charge in [-0.3, -0.25) is 4.79 Å². The summed E-state index contributed by atoms with van der Waals surface area (Å²) in [4.78, 5) is 12.2. The van der Waals surface area contributed by atoms with Gasteiger partial charge in [0, 0.05) is 11.8 Å². The number of rotatable bonds is 6. The van der Waals surface area contributed by atoms with Crippen LogP contribution in [0.15, 0.2) is 53.4 Å². The van der Waals surface area contributed by atoms with Crippen molar-refractivity contribution in [3.63, 3.8) is 0 Å². The van der Waals surface area contributed by atoms with E-state index in [2.05, 4.69) is 10.0 Å². The minimum atomic E-state index is -3.58. The van der Waals surface area contributed by atoms with Crippen molar-refractivity contribution in [1.29, 1.82) is 0 Å². The number of carbonyl (C=O) groups is 1. The van der Waals surface area contributed by atoms with Crippen molar-refractivity contribution in [3.8, 4) is 5.75 Å². The van der Waals surface area contributed by atoms with E-state index in [1.54, 1.807) is 44.4 Å².